The van der Waals surface area contributed by atoms with Gasteiger partial charge in [-0.2, -0.15) is 13.2 Å². The van der Waals surface area contributed by atoms with Crippen LogP contribution in [0.1, 0.15) is 31.2 Å². The van der Waals surface area contributed by atoms with Crippen molar-refractivity contribution in [1.29, 1.82) is 0 Å². The number of nitrogens with zero attached hydrogens (tertiary/aromatic N) is 1. The summed E-state index contributed by atoms with van der Waals surface area (Å²) in [5.74, 6) is -3.76. The third-order valence-corrected chi connectivity index (χ3v) is 5.33. The van der Waals surface area contributed by atoms with E-state index in [1.807, 2.05) is 0 Å². The highest BCUT2D eigenvalue weighted by Gasteiger charge is 2.35. The van der Waals surface area contributed by atoms with Gasteiger partial charge in [0.05, 0.1) is 17.1 Å². The number of fused-ring (bicyclic) bond motifs is 1. The molecule has 1 atom stereocenters. The van der Waals surface area contributed by atoms with Crippen molar-refractivity contribution in [3.05, 3.63) is 47.8 Å². The van der Waals surface area contributed by atoms with Crippen LogP contribution in [0.2, 0.25) is 0 Å². The number of ether oxygens (including phenoxy) is 2. The van der Waals surface area contributed by atoms with E-state index in [1.54, 1.807) is 0 Å². The second-order valence-corrected chi connectivity index (χ2v) is 7.76. The molecule has 2 amide bonds. The van der Waals surface area contributed by atoms with Crippen LogP contribution in [0.15, 0.2) is 30.6 Å². The molecule has 1 fully saturated rings. The van der Waals surface area contributed by atoms with E-state index < -0.39 is 46.3 Å². The van der Waals surface area contributed by atoms with Gasteiger partial charge >= 0.3 is 12.2 Å². The molecule has 4 rings (SSSR count). The lowest BCUT2D eigenvalue weighted by Crippen LogP contribution is -2.32. The number of nitrogens with one attached hydrogen (secondary N) is 3. The van der Waals surface area contributed by atoms with Crippen molar-refractivity contribution in [3.8, 4) is 11.5 Å². The molecule has 0 spiro atoms. The van der Waals surface area contributed by atoms with Crippen LogP contribution in [0.4, 0.5) is 32.4 Å². The van der Waals surface area contributed by atoms with E-state index in [2.05, 4.69) is 20.6 Å². The van der Waals surface area contributed by atoms with Gasteiger partial charge in [0.25, 0.3) is 0 Å². The lowest BCUT2D eigenvalue weighted by atomic mass is 10.1. The predicted octanol–water partition coefficient (Wildman–Crippen LogP) is 5.73. The highest BCUT2D eigenvalue weighted by Crippen LogP contribution is 2.40. The van der Waals surface area contributed by atoms with E-state index in [0.717, 1.165) is 43.7 Å². The van der Waals surface area contributed by atoms with Gasteiger partial charge in [-0.1, -0.05) is 0 Å². The van der Waals surface area contributed by atoms with Crippen molar-refractivity contribution in [1.82, 2.24) is 15.3 Å². The first-order chi connectivity index (χ1) is 16.2. The van der Waals surface area contributed by atoms with Crippen LogP contribution in [0.3, 0.4) is 0 Å². The van der Waals surface area contributed by atoms with Gasteiger partial charge in [0, 0.05) is 43.4 Å². The molecule has 1 aliphatic rings. The fraction of sp³-hybridized carbons (Fsp3) is 0.364. The van der Waals surface area contributed by atoms with Crippen molar-refractivity contribution in [2.75, 3.05) is 18.5 Å². The molecule has 1 aromatic carbocycles. The number of halogens is 5. The maximum atomic E-state index is 14.6. The molecule has 182 valence electrons. The number of rotatable bonds is 6. The van der Waals surface area contributed by atoms with E-state index in [4.69, 9.17) is 9.47 Å². The van der Waals surface area contributed by atoms with Gasteiger partial charge in [-0.15, -0.1) is 0 Å². The van der Waals surface area contributed by atoms with Crippen LogP contribution in [-0.4, -0.2) is 35.3 Å². The standard InChI is InChI=1S/C22H21F5N4O3/c23-15-9-12(31-21(32)29-6-4-13-3-1-2-8-33-13)10-16(24)19(15)34-17-5-7-28-20-18(17)14(11-30-20)22(25,26)27/h5,7,9-11,13H,1-4,6,8H2,(H,28,30)(H2,29,31,32). The molecule has 0 bridgehead atoms. The summed E-state index contributed by atoms with van der Waals surface area (Å²) in [4.78, 5) is 18.2. The lowest BCUT2D eigenvalue weighted by Gasteiger charge is -2.22. The number of H-pyrrole nitrogens is 1. The van der Waals surface area contributed by atoms with Crippen molar-refractivity contribution < 1.29 is 36.2 Å². The van der Waals surface area contributed by atoms with Crippen LogP contribution in [0, 0.1) is 11.6 Å². The molecule has 12 heteroatoms. The molecule has 7 nitrogen and oxygen atoms in total. The zero-order chi connectivity index (χ0) is 24.3. The van der Waals surface area contributed by atoms with Gasteiger partial charge in [0.2, 0.25) is 0 Å². The van der Waals surface area contributed by atoms with Crippen LogP contribution < -0.4 is 15.4 Å². The Balaban J connectivity index is 1.45. The number of benzene rings is 1. The van der Waals surface area contributed by atoms with Gasteiger partial charge in [-0.25, -0.2) is 18.6 Å². The highest BCUT2D eigenvalue weighted by atomic mass is 19.4. The van der Waals surface area contributed by atoms with E-state index in [-0.39, 0.29) is 17.4 Å². The van der Waals surface area contributed by atoms with Gasteiger partial charge in [-0.3, -0.25) is 0 Å². The van der Waals surface area contributed by atoms with Crippen LogP contribution >= 0.6 is 0 Å². The first-order valence-corrected chi connectivity index (χ1v) is 10.6. The topological polar surface area (TPSA) is 88.3 Å². The average Bonchev–Trinajstić information content (AvgIpc) is 3.23. The summed E-state index contributed by atoms with van der Waals surface area (Å²) in [7, 11) is 0. The highest BCUT2D eigenvalue weighted by molar-refractivity contribution is 5.89. The number of alkyl halides is 3. The molecule has 1 aliphatic heterocycles. The van der Waals surface area contributed by atoms with Crippen LogP contribution in [-0.2, 0) is 10.9 Å². The van der Waals surface area contributed by atoms with Gasteiger partial charge in [0.15, 0.2) is 17.4 Å². The fourth-order valence-electron chi connectivity index (χ4n) is 3.73. The molecular formula is C22H21F5N4O3. The van der Waals surface area contributed by atoms with E-state index in [0.29, 0.717) is 25.8 Å². The number of hydrogen-bond acceptors (Lipinski definition) is 4. The summed E-state index contributed by atoms with van der Waals surface area (Å²) in [6.45, 7) is 1.01. The number of urea groups is 1. The number of aromatic nitrogens is 2. The van der Waals surface area contributed by atoms with Crippen molar-refractivity contribution in [3.63, 3.8) is 0 Å². The van der Waals surface area contributed by atoms with E-state index in [1.165, 1.54) is 0 Å². The Labute approximate surface area is 190 Å². The molecule has 0 saturated carbocycles. The van der Waals surface area contributed by atoms with E-state index in [9.17, 15) is 26.7 Å². The van der Waals surface area contributed by atoms with Crippen molar-refractivity contribution in [2.45, 2.75) is 38.0 Å². The number of amides is 2. The Morgan fingerprint density at radius 1 is 1.24 bits per heavy atom. The number of carbonyl (C=O) groups is 1. The minimum Gasteiger partial charge on any atom is -0.450 e. The summed E-state index contributed by atoms with van der Waals surface area (Å²) in [6.07, 6.45) is 0.782. The summed E-state index contributed by atoms with van der Waals surface area (Å²) >= 11 is 0. The predicted molar refractivity (Wildman–Crippen MR) is 113 cm³/mol. The molecular weight excluding hydrogens is 463 g/mol. The number of aromatic amines is 1. The molecule has 1 unspecified atom stereocenters. The number of pyridine rings is 1. The van der Waals surface area contributed by atoms with Gasteiger partial charge in [0.1, 0.15) is 11.4 Å². The van der Waals surface area contributed by atoms with Gasteiger partial charge in [-0.05, 0) is 31.7 Å². The maximum Gasteiger partial charge on any atom is 0.418 e. The lowest BCUT2D eigenvalue weighted by molar-refractivity contribution is -0.136. The number of hydrogen-bond donors (Lipinski definition) is 3. The quantitative estimate of drug-likeness (QED) is 0.390. The Morgan fingerprint density at radius 3 is 2.68 bits per heavy atom. The normalized spacial score (nSPS) is 16.4. The Morgan fingerprint density at radius 2 is 2.00 bits per heavy atom. The summed E-state index contributed by atoms with van der Waals surface area (Å²) < 4.78 is 79.8. The largest absolute Gasteiger partial charge is 0.450 e. The maximum absolute atomic E-state index is 14.6. The Kier molecular flexibility index (Phi) is 6.87. The molecule has 1 saturated heterocycles. The molecule has 34 heavy (non-hydrogen) atoms. The third kappa shape index (κ3) is 5.38. The fourth-order valence-corrected chi connectivity index (χ4v) is 3.73. The monoisotopic (exact) mass is 484 g/mol. The summed E-state index contributed by atoms with van der Waals surface area (Å²) in [5, 5.41) is 4.44. The first kappa shape index (κ1) is 23.7. The Hall–Kier alpha value is -3.41. The summed E-state index contributed by atoms with van der Waals surface area (Å²) in [5.41, 5.74) is -1.43. The first-order valence-electron chi connectivity index (χ1n) is 10.6. The minimum absolute atomic E-state index is 0.0675. The van der Waals surface area contributed by atoms with E-state index >= 15 is 0 Å². The Bertz CT molecular complexity index is 1150. The van der Waals surface area contributed by atoms with Crippen LogP contribution in [0.25, 0.3) is 11.0 Å². The zero-order valence-corrected chi connectivity index (χ0v) is 17.8. The third-order valence-electron chi connectivity index (χ3n) is 5.33. The summed E-state index contributed by atoms with van der Waals surface area (Å²) in [6, 6.07) is 2.02. The molecule has 3 N–H and O–H groups in total. The van der Waals surface area contributed by atoms with Crippen molar-refractivity contribution >= 4 is 22.8 Å². The second kappa shape index (κ2) is 9.84. The number of carbonyl (C=O) groups excluding carboxylic acids is 1. The van der Waals surface area contributed by atoms with Crippen LogP contribution in [0.5, 0.6) is 11.5 Å². The zero-order valence-electron chi connectivity index (χ0n) is 17.8. The SMILES string of the molecule is O=C(NCCC1CCCCO1)Nc1cc(F)c(Oc2ccnc3[nH]cc(C(F)(F)F)c23)c(F)c1. The average molecular weight is 484 g/mol. The molecule has 3 aromatic rings. The smallest absolute Gasteiger partial charge is 0.418 e. The van der Waals surface area contributed by atoms with Crippen molar-refractivity contribution in [2.24, 2.45) is 0 Å². The minimum atomic E-state index is -4.74. The molecule has 0 aliphatic carbocycles. The van der Waals surface area contributed by atoms with Gasteiger partial charge < -0.3 is 25.1 Å². The second-order valence-electron chi connectivity index (χ2n) is 7.76. The molecule has 2 aromatic heterocycles. The number of anilines is 1. The molecule has 0 radical (unpaired) electrons. The molecule has 3 heterocycles.